The lowest BCUT2D eigenvalue weighted by molar-refractivity contribution is -0.122. The molecule has 2 rings (SSSR count). The number of piperidine rings is 1. The predicted molar refractivity (Wildman–Crippen MR) is 97.5 cm³/mol. The summed E-state index contributed by atoms with van der Waals surface area (Å²) >= 11 is 0. The number of hydrogen-bond acceptors (Lipinski definition) is 2. The van der Waals surface area contributed by atoms with Crippen molar-refractivity contribution >= 4 is 5.91 Å². The average Bonchev–Trinajstić information content (AvgIpc) is 2.59. The number of rotatable bonds is 9. The van der Waals surface area contributed by atoms with E-state index < -0.39 is 0 Å². The van der Waals surface area contributed by atoms with Crippen molar-refractivity contribution in [1.29, 1.82) is 0 Å². The van der Waals surface area contributed by atoms with Crippen molar-refractivity contribution in [3.05, 3.63) is 0 Å². The number of carbonyl (C=O) groups excluding carboxylic acids is 1. The van der Waals surface area contributed by atoms with E-state index in [2.05, 4.69) is 17.1 Å². The molecule has 3 heteroatoms. The normalized spacial score (nSPS) is 22.0. The van der Waals surface area contributed by atoms with E-state index in [1.807, 2.05) is 0 Å². The zero-order valence-electron chi connectivity index (χ0n) is 15.3. The van der Waals surface area contributed by atoms with Gasteiger partial charge in [0.05, 0.1) is 0 Å². The summed E-state index contributed by atoms with van der Waals surface area (Å²) in [7, 11) is 0. The molecule has 1 aliphatic heterocycles. The fourth-order valence-electron chi connectivity index (χ4n) is 4.28. The maximum atomic E-state index is 12.1. The van der Waals surface area contributed by atoms with Crippen LogP contribution in [0.5, 0.6) is 0 Å². The molecule has 134 valence electrons. The number of nitrogens with zero attached hydrogens (tertiary/aromatic N) is 1. The van der Waals surface area contributed by atoms with Crippen LogP contribution in [0, 0.1) is 11.8 Å². The summed E-state index contributed by atoms with van der Waals surface area (Å²) < 4.78 is 0. The molecule has 0 spiro atoms. The van der Waals surface area contributed by atoms with Gasteiger partial charge in [-0.1, -0.05) is 51.9 Å². The summed E-state index contributed by atoms with van der Waals surface area (Å²) in [4.78, 5) is 14.7. The van der Waals surface area contributed by atoms with Gasteiger partial charge in [0.1, 0.15) is 0 Å². The summed E-state index contributed by atoms with van der Waals surface area (Å²) in [5, 5.41) is 3.14. The van der Waals surface area contributed by atoms with Gasteiger partial charge < -0.3 is 10.2 Å². The quantitative estimate of drug-likeness (QED) is 0.639. The van der Waals surface area contributed by atoms with Crippen LogP contribution in [0.25, 0.3) is 0 Å². The van der Waals surface area contributed by atoms with Crippen LogP contribution in [0.2, 0.25) is 0 Å². The molecule has 1 unspecified atom stereocenters. The number of likely N-dealkylation sites (tertiary alicyclic amines) is 1. The lowest BCUT2D eigenvalue weighted by Gasteiger charge is -2.27. The number of amides is 1. The molecule has 0 bridgehead atoms. The molecule has 1 N–H and O–H groups in total. The van der Waals surface area contributed by atoms with Gasteiger partial charge in [0.15, 0.2) is 0 Å². The first-order chi connectivity index (χ1) is 11.3. The Labute approximate surface area is 143 Å². The van der Waals surface area contributed by atoms with Gasteiger partial charge >= 0.3 is 0 Å². The van der Waals surface area contributed by atoms with Crippen LogP contribution in [0.15, 0.2) is 0 Å². The van der Waals surface area contributed by atoms with Crippen molar-refractivity contribution in [3.8, 4) is 0 Å². The van der Waals surface area contributed by atoms with Crippen molar-refractivity contribution in [1.82, 2.24) is 10.2 Å². The molecule has 1 atom stereocenters. The van der Waals surface area contributed by atoms with Crippen molar-refractivity contribution in [3.63, 3.8) is 0 Å². The van der Waals surface area contributed by atoms with Crippen LogP contribution in [-0.4, -0.2) is 37.0 Å². The van der Waals surface area contributed by atoms with Gasteiger partial charge in [0.2, 0.25) is 5.91 Å². The zero-order chi connectivity index (χ0) is 16.3. The van der Waals surface area contributed by atoms with Gasteiger partial charge in [-0.3, -0.25) is 4.79 Å². The Balaban J connectivity index is 1.44. The molecule has 2 fully saturated rings. The molecular formula is C20H38N2O. The van der Waals surface area contributed by atoms with Crippen molar-refractivity contribution in [2.75, 3.05) is 26.2 Å². The van der Waals surface area contributed by atoms with Crippen molar-refractivity contribution in [2.45, 2.75) is 84.0 Å². The van der Waals surface area contributed by atoms with E-state index >= 15 is 0 Å². The third-order valence-electron chi connectivity index (χ3n) is 5.88. The smallest absolute Gasteiger partial charge is 0.220 e. The highest BCUT2D eigenvalue weighted by atomic mass is 16.1. The molecule has 1 saturated heterocycles. The Bertz CT molecular complexity index is 320. The minimum atomic E-state index is 0.277. The second-order valence-electron chi connectivity index (χ2n) is 7.89. The maximum Gasteiger partial charge on any atom is 0.220 e. The fourth-order valence-corrected chi connectivity index (χ4v) is 4.28. The van der Waals surface area contributed by atoms with Gasteiger partial charge in [-0.15, -0.1) is 0 Å². The van der Waals surface area contributed by atoms with Crippen molar-refractivity contribution < 1.29 is 4.79 Å². The van der Waals surface area contributed by atoms with Crippen molar-refractivity contribution in [2.24, 2.45) is 11.8 Å². The van der Waals surface area contributed by atoms with E-state index in [1.54, 1.807) is 0 Å². The Hall–Kier alpha value is -0.570. The standard InChI is InChI=1S/C20H38N2O/c1-18(19-11-5-2-6-12-19)17-20(23)21-13-7-3-8-14-22-15-9-4-10-16-22/h18-19H,2-17H2,1H3,(H,21,23). The summed E-state index contributed by atoms with van der Waals surface area (Å²) in [6.45, 7) is 7.00. The lowest BCUT2D eigenvalue weighted by atomic mass is 9.79. The molecule has 1 heterocycles. The molecule has 1 amide bonds. The summed E-state index contributed by atoms with van der Waals surface area (Å²) in [5.41, 5.74) is 0. The Kier molecular flexibility index (Phi) is 9.03. The van der Waals surface area contributed by atoms with E-state index in [1.165, 1.54) is 83.8 Å². The zero-order valence-corrected chi connectivity index (χ0v) is 15.3. The lowest BCUT2D eigenvalue weighted by Crippen LogP contribution is -2.31. The minimum Gasteiger partial charge on any atom is -0.356 e. The van der Waals surface area contributed by atoms with Gasteiger partial charge in [-0.2, -0.15) is 0 Å². The highest BCUT2D eigenvalue weighted by Gasteiger charge is 2.21. The molecular weight excluding hydrogens is 284 g/mol. The van der Waals surface area contributed by atoms with Crippen LogP contribution in [0.1, 0.15) is 84.0 Å². The van der Waals surface area contributed by atoms with Crippen LogP contribution < -0.4 is 5.32 Å². The van der Waals surface area contributed by atoms with E-state index in [9.17, 15) is 4.79 Å². The molecule has 2 aliphatic rings. The first kappa shape index (κ1) is 18.8. The molecule has 23 heavy (non-hydrogen) atoms. The Morgan fingerprint density at radius 2 is 1.70 bits per heavy atom. The highest BCUT2D eigenvalue weighted by molar-refractivity contribution is 5.76. The summed E-state index contributed by atoms with van der Waals surface area (Å²) in [5.74, 6) is 1.63. The molecule has 0 radical (unpaired) electrons. The monoisotopic (exact) mass is 322 g/mol. The molecule has 0 aromatic rings. The maximum absolute atomic E-state index is 12.1. The van der Waals surface area contributed by atoms with Crippen LogP contribution in [0.4, 0.5) is 0 Å². The third kappa shape index (κ3) is 7.69. The fraction of sp³-hybridized carbons (Fsp3) is 0.950. The topological polar surface area (TPSA) is 32.3 Å². The van der Waals surface area contributed by atoms with E-state index in [-0.39, 0.29) is 5.91 Å². The highest BCUT2D eigenvalue weighted by Crippen LogP contribution is 2.31. The number of nitrogens with one attached hydrogen (secondary N) is 1. The minimum absolute atomic E-state index is 0.277. The summed E-state index contributed by atoms with van der Waals surface area (Å²) in [6.07, 6.45) is 15.4. The molecule has 0 aromatic heterocycles. The Morgan fingerprint density at radius 1 is 1.00 bits per heavy atom. The van der Waals surface area contributed by atoms with E-state index in [0.29, 0.717) is 5.92 Å². The molecule has 3 nitrogen and oxygen atoms in total. The second kappa shape index (κ2) is 11.1. The SMILES string of the molecule is CC(CC(=O)NCCCCCN1CCCCC1)C1CCCCC1. The van der Waals surface area contributed by atoms with Crippen LogP contribution >= 0.6 is 0 Å². The van der Waals surface area contributed by atoms with Gasteiger partial charge in [0.25, 0.3) is 0 Å². The average molecular weight is 323 g/mol. The van der Waals surface area contributed by atoms with E-state index in [0.717, 1.165) is 25.3 Å². The molecule has 1 saturated carbocycles. The number of carbonyl (C=O) groups is 1. The number of unbranched alkanes of at least 4 members (excludes halogenated alkanes) is 2. The van der Waals surface area contributed by atoms with Crippen LogP contribution in [-0.2, 0) is 4.79 Å². The first-order valence-corrected chi connectivity index (χ1v) is 10.2. The predicted octanol–water partition coefficient (Wildman–Crippen LogP) is 4.37. The largest absolute Gasteiger partial charge is 0.356 e. The molecule has 1 aliphatic carbocycles. The first-order valence-electron chi connectivity index (χ1n) is 10.2. The van der Waals surface area contributed by atoms with Gasteiger partial charge in [-0.05, 0) is 57.2 Å². The van der Waals surface area contributed by atoms with Gasteiger partial charge in [-0.25, -0.2) is 0 Å². The third-order valence-corrected chi connectivity index (χ3v) is 5.88. The molecule has 0 aromatic carbocycles. The van der Waals surface area contributed by atoms with E-state index in [4.69, 9.17) is 0 Å². The van der Waals surface area contributed by atoms with Gasteiger partial charge in [0, 0.05) is 13.0 Å². The summed E-state index contributed by atoms with van der Waals surface area (Å²) in [6, 6.07) is 0. The second-order valence-corrected chi connectivity index (χ2v) is 7.89. The Morgan fingerprint density at radius 3 is 2.43 bits per heavy atom. The number of hydrogen-bond donors (Lipinski definition) is 1. The van der Waals surface area contributed by atoms with Crippen LogP contribution in [0.3, 0.4) is 0 Å².